The van der Waals surface area contributed by atoms with E-state index >= 15 is 0 Å². The Labute approximate surface area is 182 Å². The van der Waals surface area contributed by atoms with Crippen molar-refractivity contribution in [3.63, 3.8) is 0 Å². The van der Waals surface area contributed by atoms with E-state index in [1.54, 1.807) is 0 Å². The van der Waals surface area contributed by atoms with Gasteiger partial charge < -0.3 is 19.3 Å². The second-order valence-corrected chi connectivity index (χ2v) is 8.61. The van der Waals surface area contributed by atoms with E-state index in [0.717, 1.165) is 48.4 Å². The molecule has 0 radical (unpaired) electrons. The molecule has 31 heavy (non-hydrogen) atoms. The van der Waals surface area contributed by atoms with E-state index in [1.807, 2.05) is 58.3 Å². The molecule has 2 aromatic rings. The number of hydrogen-bond acceptors (Lipinski definition) is 4. The third-order valence-corrected chi connectivity index (χ3v) is 6.47. The van der Waals surface area contributed by atoms with Crippen LogP contribution in [0.5, 0.6) is 11.5 Å². The summed E-state index contributed by atoms with van der Waals surface area (Å²) < 4.78 is 11.6. The number of hydrogen-bond donors (Lipinski definition) is 0. The highest BCUT2D eigenvalue weighted by Gasteiger charge is 2.40. The normalized spacial score (nSPS) is 23.2. The van der Waals surface area contributed by atoms with Crippen molar-refractivity contribution >= 4 is 11.8 Å². The van der Waals surface area contributed by atoms with E-state index < -0.39 is 0 Å². The van der Waals surface area contributed by atoms with E-state index in [4.69, 9.17) is 9.47 Å². The van der Waals surface area contributed by atoms with Crippen LogP contribution in [0.2, 0.25) is 0 Å². The van der Waals surface area contributed by atoms with Crippen molar-refractivity contribution in [3.05, 3.63) is 59.7 Å². The van der Waals surface area contributed by atoms with Crippen molar-refractivity contribution in [1.82, 2.24) is 9.80 Å². The van der Waals surface area contributed by atoms with Crippen molar-refractivity contribution in [2.45, 2.75) is 38.3 Å². The third-order valence-electron chi connectivity index (χ3n) is 6.47. The van der Waals surface area contributed by atoms with Gasteiger partial charge in [-0.2, -0.15) is 0 Å². The first-order valence-electron chi connectivity index (χ1n) is 11.2. The summed E-state index contributed by atoms with van der Waals surface area (Å²) in [6, 6.07) is 16.0. The van der Waals surface area contributed by atoms with Gasteiger partial charge in [0.15, 0.2) is 11.5 Å². The third kappa shape index (κ3) is 4.11. The first-order valence-corrected chi connectivity index (χ1v) is 11.2. The molecule has 162 valence electrons. The molecule has 0 N–H and O–H groups in total. The minimum absolute atomic E-state index is 0.0305. The summed E-state index contributed by atoms with van der Waals surface area (Å²) >= 11 is 0. The molecule has 6 nitrogen and oxygen atoms in total. The predicted molar refractivity (Wildman–Crippen MR) is 116 cm³/mol. The summed E-state index contributed by atoms with van der Waals surface area (Å²) in [5.41, 5.74) is 2.18. The van der Waals surface area contributed by atoms with E-state index in [1.165, 1.54) is 0 Å². The van der Waals surface area contributed by atoms with Crippen molar-refractivity contribution in [1.29, 1.82) is 0 Å². The zero-order chi connectivity index (χ0) is 21.2. The Kier molecular flexibility index (Phi) is 5.53. The van der Waals surface area contributed by atoms with Crippen LogP contribution in [0.3, 0.4) is 0 Å². The summed E-state index contributed by atoms with van der Waals surface area (Å²) in [4.78, 5) is 29.8. The SMILES string of the molecule is O=C1C[C@H](C(=O)N2CCC[C@H]2c2ccc3c(c2)OCCCO3)CN1Cc1ccccc1. The molecule has 0 bridgehead atoms. The van der Waals surface area contributed by atoms with Crippen LogP contribution < -0.4 is 9.47 Å². The lowest BCUT2D eigenvalue weighted by Gasteiger charge is -2.28. The van der Waals surface area contributed by atoms with Gasteiger partial charge in [-0.05, 0) is 36.1 Å². The van der Waals surface area contributed by atoms with E-state index in [-0.39, 0.29) is 23.8 Å². The molecule has 3 heterocycles. The van der Waals surface area contributed by atoms with Crippen LogP contribution in [0.25, 0.3) is 0 Å². The number of benzene rings is 2. The Balaban J connectivity index is 1.29. The maximum Gasteiger partial charge on any atom is 0.228 e. The molecule has 0 spiro atoms. The Morgan fingerprint density at radius 3 is 2.65 bits per heavy atom. The van der Waals surface area contributed by atoms with Gasteiger partial charge in [0.05, 0.1) is 25.2 Å². The Bertz CT molecular complexity index is 961. The largest absolute Gasteiger partial charge is 0.490 e. The summed E-state index contributed by atoms with van der Waals surface area (Å²) in [6.07, 6.45) is 3.07. The Morgan fingerprint density at radius 1 is 1.00 bits per heavy atom. The van der Waals surface area contributed by atoms with Crippen molar-refractivity contribution < 1.29 is 19.1 Å². The van der Waals surface area contributed by atoms with Crippen LogP contribution >= 0.6 is 0 Å². The summed E-state index contributed by atoms with van der Waals surface area (Å²) in [5, 5.41) is 0. The molecule has 2 atom stereocenters. The molecule has 3 aliphatic heterocycles. The Morgan fingerprint density at radius 2 is 1.81 bits per heavy atom. The number of carbonyl (C=O) groups is 2. The average Bonchev–Trinajstić information content (AvgIpc) is 3.34. The molecule has 2 amide bonds. The molecule has 0 aromatic heterocycles. The summed E-state index contributed by atoms with van der Waals surface area (Å²) in [6.45, 7) is 3.11. The maximum atomic E-state index is 13.4. The van der Waals surface area contributed by atoms with Gasteiger partial charge in [0.1, 0.15) is 0 Å². The van der Waals surface area contributed by atoms with Gasteiger partial charge in [0, 0.05) is 32.5 Å². The highest BCUT2D eigenvalue weighted by atomic mass is 16.5. The average molecular weight is 421 g/mol. The van der Waals surface area contributed by atoms with E-state index in [0.29, 0.717) is 32.7 Å². The van der Waals surface area contributed by atoms with Crippen LogP contribution in [0.1, 0.15) is 42.9 Å². The standard InChI is InChI=1S/C25H28N2O4/c28-24-15-20(17-26(24)16-18-6-2-1-3-7-18)25(29)27-11-4-8-21(27)19-9-10-22-23(14-19)31-13-5-12-30-22/h1-3,6-7,9-10,14,20-21H,4-5,8,11-13,15-17H2/t20-,21-/m0/s1. The van der Waals surface area contributed by atoms with Crippen LogP contribution in [-0.4, -0.2) is 47.9 Å². The molecule has 2 saturated heterocycles. The molecule has 0 unspecified atom stereocenters. The van der Waals surface area contributed by atoms with Crippen molar-refractivity contribution in [2.24, 2.45) is 5.92 Å². The molecular weight excluding hydrogens is 392 g/mol. The molecule has 3 aliphatic rings. The first kappa shape index (κ1) is 19.9. The smallest absolute Gasteiger partial charge is 0.228 e. The molecule has 2 fully saturated rings. The van der Waals surface area contributed by atoms with Gasteiger partial charge in [-0.3, -0.25) is 9.59 Å². The van der Waals surface area contributed by atoms with Crippen LogP contribution in [0.4, 0.5) is 0 Å². The number of rotatable bonds is 4. The van der Waals surface area contributed by atoms with Gasteiger partial charge in [-0.1, -0.05) is 36.4 Å². The predicted octanol–water partition coefficient (Wildman–Crippen LogP) is 3.56. The number of amides is 2. The molecule has 0 saturated carbocycles. The van der Waals surface area contributed by atoms with Crippen LogP contribution in [-0.2, 0) is 16.1 Å². The molecule has 0 aliphatic carbocycles. The van der Waals surface area contributed by atoms with Gasteiger partial charge in [0.25, 0.3) is 0 Å². The zero-order valence-electron chi connectivity index (χ0n) is 17.7. The van der Waals surface area contributed by atoms with Crippen molar-refractivity contribution in [2.75, 3.05) is 26.3 Å². The highest BCUT2D eigenvalue weighted by Crippen LogP contribution is 2.39. The monoisotopic (exact) mass is 420 g/mol. The van der Waals surface area contributed by atoms with E-state index in [2.05, 4.69) is 0 Å². The first-order chi connectivity index (χ1) is 15.2. The zero-order valence-corrected chi connectivity index (χ0v) is 17.7. The summed E-state index contributed by atoms with van der Waals surface area (Å²) in [5.74, 6) is 1.43. The lowest BCUT2D eigenvalue weighted by molar-refractivity contribution is -0.136. The molecule has 5 rings (SSSR count). The van der Waals surface area contributed by atoms with Crippen molar-refractivity contribution in [3.8, 4) is 11.5 Å². The van der Waals surface area contributed by atoms with Crippen LogP contribution in [0.15, 0.2) is 48.5 Å². The number of ether oxygens (including phenoxy) is 2. The number of carbonyl (C=O) groups excluding carboxylic acids is 2. The fourth-order valence-electron chi connectivity index (χ4n) is 4.89. The van der Waals surface area contributed by atoms with Gasteiger partial charge >= 0.3 is 0 Å². The van der Waals surface area contributed by atoms with E-state index in [9.17, 15) is 9.59 Å². The fourth-order valence-corrected chi connectivity index (χ4v) is 4.89. The van der Waals surface area contributed by atoms with Gasteiger partial charge in [-0.25, -0.2) is 0 Å². The quantitative estimate of drug-likeness (QED) is 0.759. The molecule has 2 aromatic carbocycles. The minimum Gasteiger partial charge on any atom is -0.490 e. The van der Waals surface area contributed by atoms with Crippen LogP contribution in [0, 0.1) is 5.92 Å². The maximum absolute atomic E-state index is 13.4. The lowest BCUT2D eigenvalue weighted by Crippen LogP contribution is -2.37. The minimum atomic E-state index is -0.266. The number of likely N-dealkylation sites (tertiary alicyclic amines) is 2. The second kappa shape index (κ2) is 8.61. The summed E-state index contributed by atoms with van der Waals surface area (Å²) in [7, 11) is 0. The fraction of sp³-hybridized carbons (Fsp3) is 0.440. The second-order valence-electron chi connectivity index (χ2n) is 8.61. The highest BCUT2D eigenvalue weighted by molar-refractivity contribution is 5.89. The molecule has 6 heteroatoms. The Hall–Kier alpha value is -3.02. The number of nitrogens with zero attached hydrogens (tertiary/aromatic N) is 2. The molecular formula is C25H28N2O4. The van der Waals surface area contributed by atoms with Gasteiger partial charge in [-0.15, -0.1) is 0 Å². The number of fused-ring (bicyclic) bond motifs is 1. The lowest BCUT2D eigenvalue weighted by atomic mass is 10.0. The topological polar surface area (TPSA) is 59.1 Å². The van der Waals surface area contributed by atoms with Gasteiger partial charge in [0.2, 0.25) is 11.8 Å².